The average Bonchev–Trinajstić information content (AvgIpc) is 3.41. The molecule has 1 saturated heterocycles. The van der Waals surface area contributed by atoms with Crippen LogP contribution in [0.4, 0.5) is 5.69 Å². The molecule has 8 nitrogen and oxygen atoms in total. The van der Waals surface area contributed by atoms with Crippen LogP contribution in [0.25, 0.3) is 11.0 Å². The van der Waals surface area contributed by atoms with Crippen molar-refractivity contribution in [2.45, 2.75) is 70.4 Å². The van der Waals surface area contributed by atoms with Crippen LogP contribution in [0.15, 0.2) is 18.5 Å². The first-order chi connectivity index (χ1) is 16.1. The van der Waals surface area contributed by atoms with E-state index in [1.54, 1.807) is 6.20 Å². The third-order valence-corrected chi connectivity index (χ3v) is 8.87. The number of nitrogens with zero attached hydrogens (tertiary/aromatic N) is 3. The second-order valence-electron chi connectivity index (χ2n) is 10.9. The van der Waals surface area contributed by atoms with Gasteiger partial charge in [-0.15, -0.1) is 0 Å². The molecular formula is C25H39N3O5Si. The molecule has 0 N–H and O–H groups in total. The zero-order chi connectivity index (χ0) is 24.5. The van der Waals surface area contributed by atoms with Crippen LogP contribution < -0.4 is 4.90 Å². The van der Waals surface area contributed by atoms with E-state index in [0.29, 0.717) is 31.4 Å². The van der Waals surface area contributed by atoms with Crippen molar-refractivity contribution in [3.8, 4) is 0 Å². The molecule has 4 rings (SSSR count). The summed E-state index contributed by atoms with van der Waals surface area (Å²) in [6, 6.07) is 3.39. The highest BCUT2D eigenvalue weighted by Crippen LogP contribution is 2.42. The van der Waals surface area contributed by atoms with Crippen molar-refractivity contribution in [3.63, 3.8) is 0 Å². The van der Waals surface area contributed by atoms with E-state index in [-0.39, 0.29) is 12.0 Å². The first-order valence-electron chi connectivity index (χ1n) is 12.3. The van der Waals surface area contributed by atoms with Crippen LogP contribution in [-0.2, 0) is 25.7 Å². The molecule has 1 spiro atoms. The minimum atomic E-state index is -1.14. The van der Waals surface area contributed by atoms with Crippen LogP contribution in [0.3, 0.4) is 0 Å². The summed E-state index contributed by atoms with van der Waals surface area (Å²) in [6.45, 7) is 11.8. The number of pyridine rings is 1. The molecule has 0 aromatic carbocycles. The molecule has 9 heteroatoms. The maximum atomic E-state index is 12.7. The quantitative estimate of drug-likeness (QED) is 0.307. The number of carbonyl (C=O) groups excluding carboxylic acids is 1. The molecule has 0 radical (unpaired) electrons. The Morgan fingerprint density at radius 2 is 2.06 bits per heavy atom. The summed E-state index contributed by atoms with van der Waals surface area (Å²) in [7, 11) is 2.34. The van der Waals surface area contributed by atoms with Crippen molar-refractivity contribution < 1.29 is 23.7 Å². The third kappa shape index (κ3) is 5.17. The molecule has 1 saturated carbocycles. The zero-order valence-electron chi connectivity index (χ0n) is 21.4. The summed E-state index contributed by atoms with van der Waals surface area (Å²) in [4.78, 5) is 19.6. The molecule has 2 fully saturated rings. The fourth-order valence-corrected chi connectivity index (χ4v) is 6.05. The first kappa shape index (κ1) is 25.2. The molecule has 1 aliphatic carbocycles. The lowest BCUT2D eigenvalue weighted by Crippen LogP contribution is -2.48. The smallest absolute Gasteiger partial charge is 0.341 e. The number of aromatic nitrogens is 2. The van der Waals surface area contributed by atoms with Gasteiger partial charge in [0, 0.05) is 58.4 Å². The molecule has 2 unspecified atom stereocenters. The third-order valence-electron chi connectivity index (χ3n) is 7.17. The van der Waals surface area contributed by atoms with E-state index >= 15 is 0 Å². The maximum absolute atomic E-state index is 12.7. The molecule has 2 aromatic rings. The summed E-state index contributed by atoms with van der Waals surface area (Å²) < 4.78 is 25.0. The van der Waals surface area contributed by atoms with Crippen LogP contribution in [0, 0.1) is 5.92 Å². The van der Waals surface area contributed by atoms with Gasteiger partial charge in [0.15, 0.2) is 5.79 Å². The summed E-state index contributed by atoms with van der Waals surface area (Å²) in [6.07, 6.45) is 6.24. The van der Waals surface area contributed by atoms with E-state index in [4.69, 9.17) is 18.9 Å². The zero-order valence-corrected chi connectivity index (χ0v) is 22.4. The van der Waals surface area contributed by atoms with Crippen molar-refractivity contribution in [1.29, 1.82) is 0 Å². The van der Waals surface area contributed by atoms with Crippen LogP contribution in [0.1, 0.15) is 36.5 Å². The Morgan fingerprint density at radius 3 is 2.71 bits per heavy atom. The molecule has 188 valence electrons. The van der Waals surface area contributed by atoms with Gasteiger partial charge in [-0.1, -0.05) is 26.6 Å². The van der Waals surface area contributed by atoms with Gasteiger partial charge in [0.05, 0.1) is 26.0 Å². The number of hydrogen-bond donors (Lipinski definition) is 0. The van der Waals surface area contributed by atoms with Gasteiger partial charge in [-0.25, -0.2) is 9.78 Å². The molecular weight excluding hydrogens is 450 g/mol. The van der Waals surface area contributed by atoms with Gasteiger partial charge in [-0.3, -0.25) is 0 Å². The van der Waals surface area contributed by atoms with E-state index < -0.39 is 13.9 Å². The largest absolute Gasteiger partial charge is 0.465 e. The van der Waals surface area contributed by atoms with Crippen LogP contribution in [0.2, 0.25) is 25.7 Å². The van der Waals surface area contributed by atoms with Crippen molar-refractivity contribution in [2.75, 3.05) is 38.9 Å². The maximum Gasteiger partial charge on any atom is 0.341 e. The molecule has 0 bridgehead atoms. The Labute approximate surface area is 203 Å². The highest BCUT2D eigenvalue weighted by atomic mass is 28.3. The van der Waals surface area contributed by atoms with Gasteiger partial charge in [0.1, 0.15) is 17.9 Å². The molecule has 2 aliphatic rings. The molecule has 2 atom stereocenters. The Balaban J connectivity index is 1.60. The average molecular weight is 490 g/mol. The van der Waals surface area contributed by atoms with Gasteiger partial charge in [0.2, 0.25) is 0 Å². The van der Waals surface area contributed by atoms with E-state index in [0.717, 1.165) is 48.6 Å². The fraction of sp³-hybridized carbons (Fsp3) is 0.680. The lowest BCUT2D eigenvalue weighted by molar-refractivity contribution is -0.187. The number of ether oxygens (including phenoxy) is 4. The number of carbonyl (C=O) groups is 1. The van der Waals surface area contributed by atoms with Crippen LogP contribution in [-0.4, -0.2) is 69.4 Å². The van der Waals surface area contributed by atoms with Crippen molar-refractivity contribution in [2.24, 2.45) is 5.92 Å². The minimum absolute atomic E-state index is 0.240. The van der Waals surface area contributed by atoms with E-state index in [1.165, 1.54) is 7.11 Å². The number of fused-ring (bicyclic) bond motifs is 1. The van der Waals surface area contributed by atoms with Crippen LogP contribution in [0.5, 0.6) is 0 Å². The Kier molecular flexibility index (Phi) is 7.38. The molecule has 2 aromatic heterocycles. The number of methoxy groups -OCH3 is 1. The fourth-order valence-electron chi connectivity index (χ4n) is 5.29. The van der Waals surface area contributed by atoms with Crippen LogP contribution >= 0.6 is 0 Å². The van der Waals surface area contributed by atoms with Crippen molar-refractivity contribution >= 4 is 30.8 Å². The van der Waals surface area contributed by atoms with Gasteiger partial charge >= 0.3 is 5.97 Å². The summed E-state index contributed by atoms with van der Waals surface area (Å²) >= 11 is 0. The first-order valence-corrected chi connectivity index (χ1v) is 16.0. The second kappa shape index (κ2) is 9.97. The Bertz CT molecular complexity index is 1010. The van der Waals surface area contributed by atoms with Gasteiger partial charge < -0.3 is 28.4 Å². The summed E-state index contributed by atoms with van der Waals surface area (Å²) in [5.41, 5.74) is 2.15. The highest BCUT2D eigenvalue weighted by Gasteiger charge is 2.45. The predicted octanol–water partition coefficient (Wildman–Crippen LogP) is 4.50. The number of esters is 1. The summed E-state index contributed by atoms with van der Waals surface area (Å²) in [5, 5.41) is 0.931. The monoisotopic (exact) mass is 489 g/mol. The predicted molar refractivity (Wildman–Crippen MR) is 135 cm³/mol. The number of rotatable bonds is 8. The number of hydrogen-bond acceptors (Lipinski definition) is 7. The van der Waals surface area contributed by atoms with E-state index in [1.807, 2.05) is 16.8 Å². The van der Waals surface area contributed by atoms with Crippen molar-refractivity contribution in [1.82, 2.24) is 9.55 Å². The number of anilines is 1. The van der Waals surface area contributed by atoms with Gasteiger partial charge in [0.25, 0.3) is 0 Å². The lowest BCUT2D eigenvalue weighted by atomic mass is 9.80. The lowest BCUT2D eigenvalue weighted by Gasteiger charge is -2.44. The molecule has 0 amide bonds. The Morgan fingerprint density at radius 1 is 1.32 bits per heavy atom. The SMILES string of the molecule is COC(=O)c1cnc2c(ccn2COCC[Si](C)(C)C)c1N(C)C1CCC2(CC1C)OCCO2. The molecule has 34 heavy (non-hydrogen) atoms. The van der Waals surface area contributed by atoms with E-state index in [2.05, 4.69) is 43.5 Å². The topological polar surface area (TPSA) is 75.0 Å². The van der Waals surface area contributed by atoms with Gasteiger partial charge in [-0.2, -0.15) is 0 Å². The van der Waals surface area contributed by atoms with Crippen molar-refractivity contribution in [3.05, 3.63) is 24.0 Å². The second-order valence-corrected chi connectivity index (χ2v) is 16.5. The Hall–Kier alpha value is -1.94. The van der Waals surface area contributed by atoms with Gasteiger partial charge in [-0.05, 0) is 24.4 Å². The normalized spacial score (nSPS) is 22.4. The highest BCUT2D eigenvalue weighted by molar-refractivity contribution is 6.76. The minimum Gasteiger partial charge on any atom is -0.465 e. The summed E-state index contributed by atoms with van der Waals surface area (Å²) in [5.74, 6) is -0.484. The standard InChI is InChI=1S/C25H39N3O5Si/c1-18-15-25(32-11-12-33-25)9-7-21(18)27(2)22-19-8-10-28(17-31-13-14-34(4,5)6)23(19)26-16-20(22)24(29)30-3/h8,10,16,18,21H,7,9,11-15,17H2,1-6H3. The van der Waals surface area contributed by atoms with E-state index in [9.17, 15) is 4.79 Å². The molecule has 3 heterocycles. The molecule has 1 aliphatic heterocycles.